The fourth-order valence-electron chi connectivity index (χ4n) is 8.24. The van der Waals surface area contributed by atoms with Crippen molar-refractivity contribution in [3.63, 3.8) is 0 Å². The van der Waals surface area contributed by atoms with Gasteiger partial charge in [-0.1, -0.05) is 32.1 Å². The number of hydrogen-bond acceptors (Lipinski definition) is 3. The molecule has 0 aromatic heterocycles. The molecule has 0 saturated heterocycles. The van der Waals surface area contributed by atoms with Gasteiger partial charge in [-0.05, 0) is 99.3 Å². The van der Waals surface area contributed by atoms with Crippen LogP contribution in [0.2, 0.25) is 0 Å². The second kappa shape index (κ2) is 8.13. The van der Waals surface area contributed by atoms with E-state index in [2.05, 4.69) is 44.4 Å². The Kier molecular flexibility index (Phi) is 5.61. The zero-order chi connectivity index (χ0) is 24.3. The van der Waals surface area contributed by atoms with Crippen molar-refractivity contribution in [3.05, 3.63) is 42.0 Å². The van der Waals surface area contributed by atoms with Gasteiger partial charge in [-0.2, -0.15) is 0 Å². The summed E-state index contributed by atoms with van der Waals surface area (Å²) in [6.45, 7) is 8.91. The molecule has 1 aromatic carbocycles. The summed E-state index contributed by atoms with van der Waals surface area (Å²) >= 11 is 0. The minimum atomic E-state index is -0.439. The molecule has 5 nitrogen and oxygen atoms in total. The average Bonchev–Trinajstić information content (AvgIpc) is 3.16. The number of nitrogens with one attached hydrogen (secondary N) is 2. The summed E-state index contributed by atoms with van der Waals surface area (Å²) in [6.07, 6.45) is 10.5. The zero-order valence-electron chi connectivity index (χ0n) is 21.3. The SMILES string of the molecule is COc1ccc(C(C)(C)NC(=O)C2CC[C@H]3[C@@H]4CCC5NC(=O)C=C[C@]5(C)[C@@H]4CC[C@]23C)cc1. The molecule has 5 heteroatoms. The number of carbonyl (C=O) groups is 2. The van der Waals surface area contributed by atoms with Crippen molar-refractivity contribution in [2.75, 3.05) is 7.11 Å². The van der Waals surface area contributed by atoms with E-state index in [9.17, 15) is 9.59 Å². The molecule has 3 saturated carbocycles. The molecule has 184 valence electrons. The van der Waals surface area contributed by atoms with Crippen molar-refractivity contribution in [2.45, 2.75) is 77.8 Å². The lowest BCUT2D eigenvalue weighted by atomic mass is 9.48. The largest absolute Gasteiger partial charge is 0.497 e. The first-order valence-electron chi connectivity index (χ1n) is 13.0. The fourth-order valence-corrected chi connectivity index (χ4v) is 8.24. The van der Waals surface area contributed by atoms with Gasteiger partial charge in [0.2, 0.25) is 11.8 Å². The first-order valence-corrected chi connectivity index (χ1v) is 13.0. The summed E-state index contributed by atoms with van der Waals surface area (Å²) in [5, 5.41) is 6.64. The molecule has 2 amide bonds. The Labute approximate surface area is 204 Å². The molecule has 4 aliphatic rings. The van der Waals surface area contributed by atoms with Crippen LogP contribution < -0.4 is 15.4 Å². The predicted molar refractivity (Wildman–Crippen MR) is 133 cm³/mol. The number of rotatable bonds is 4. The Bertz CT molecular complexity index is 999. The van der Waals surface area contributed by atoms with E-state index in [0.717, 1.165) is 49.8 Å². The normalized spacial score (nSPS) is 38.9. The van der Waals surface area contributed by atoms with Crippen LogP contribution in [0.25, 0.3) is 0 Å². The second-order valence-corrected chi connectivity index (χ2v) is 12.2. The molecule has 34 heavy (non-hydrogen) atoms. The number of benzene rings is 1. The van der Waals surface area contributed by atoms with Crippen molar-refractivity contribution in [1.82, 2.24) is 10.6 Å². The third kappa shape index (κ3) is 3.58. The topological polar surface area (TPSA) is 67.4 Å². The van der Waals surface area contributed by atoms with E-state index in [4.69, 9.17) is 4.74 Å². The Morgan fingerprint density at radius 2 is 1.79 bits per heavy atom. The molecule has 0 bridgehead atoms. The molecule has 3 fully saturated rings. The number of fused-ring (bicyclic) bond motifs is 5. The Morgan fingerprint density at radius 3 is 2.50 bits per heavy atom. The molecule has 3 aliphatic carbocycles. The van der Waals surface area contributed by atoms with Crippen molar-refractivity contribution >= 4 is 11.8 Å². The van der Waals surface area contributed by atoms with Gasteiger partial charge in [0.1, 0.15) is 5.75 Å². The third-order valence-corrected chi connectivity index (χ3v) is 10.2. The zero-order valence-corrected chi connectivity index (χ0v) is 21.3. The summed E-state index contributed by atoms with van der Waals surface area (Å²) in [6, 6.07) is 8.24. The molecule has 1 heterocycles. The number of methoxy groups -OCH3 is 1. The van der Waals surface area contributed by atoms with E-state index in [1.807, 2.05) is 24.3 Å². The molecular formula is C29H40N2O3. The molecule has 5 rings (SSSR count). The third-order valence-electron chi connectivity index (χ3n) is 10.2. The van der Waals surface area contributed by atoms with Gasteiger partial charge < -0.3 is 15.4 Å². The predicted octanol–water partition coefficient (Wildman–Crippen LogP) is 4.96. The second-order valence-electron chi connectivity index (χ2n) is 12.2. The quantitative estimate of drug-likeness (QED) is 0.662. The highest BCUT2D eigenvalue weighted by molar-refractivity contribution is 5.89. The Balaban J connectivity index is 1.33. The van der Waals surface area contributed by atoms with Crippen LogP contribution in [0.5, 0.6) is 5.75 Å². The average molecular weight is 465 g/mol. The van der Waals surface area contributed by atoms with Crippen LogP contribution in [0.3, 0.4) is 0 Å². The number of ether oxygens (including phenoxy) is 1. The van der Waals surface area contributed by atoms with Crippen molar-refractivity contribution in [2.24, 2.45) is 34.5 Å². The van der Waals surface area contributed by atoms with Gasteiger partial charge >= 0.3 is 0 Å². The highest BCUT2D eigenvalue weighted by atomic mass is 16.5. The van der Waals surface area contributed by atoms with Gasteiger partial charge in [0.05, 0.1) is 12.6 Å². The molecule has 2 N–H and O–H groups in total. The van der Waals surface area contributed by atoms with Crippen LogP contribution in [-0.2, 0) is 15.1 Å². The van der Waals surface area contributed by atoms with E-state index in [0.29, 0.717) is 17.8 Å². The molecule has 2 unspecified atom stereocenters. The lowest BCUT2D eigenvalue weighted by Gasteiger charge is -2.58. The van der Waals surface area contributed by atoms with Crippen LogP contribution in [0.4, 0.5) is 0 Å². The van der Waals surface area contributed by atoms with Crippen molar-refractivity contribution in [1.29, 1.82) is 0 Å². The summed E-state index contributed by atoms with van der Waals surface area (Å²) in [7, 11) is 1.67. The standard InChI is InChI=1S/C29H40N2O3/c1-27(2,18-6-8-19(34-5)9-7-18)31-26(33)23-12-11-21-20-10-13-24-29(4,17-15-25(32)30-24)22(20)14-16-28(21,23)3/h6-9,15,17,20-24H,10-14,16H2,1-5H3,(H,30,32)(H,31,33)/t20-,21-,22+,23?,24?,28-,29+/m0/s1. The van der Waals surface area contributed by atoms with E-state index in [-0.39, 0.29) is 34.6 Å². The molecule has 1 aromatic rings. The van der Waals surface area contributed by atoms with Crippen molar-refractivity contribution < 1.29 is 14.3 Å². The van der Waals surface area contributed by atoms with Gasteiger partial charge in [0.15, 0.2) is 0 Å². The summed E-state index contributed by atoms with van der Waals surface area (Å²) in [4.78, 5) is 25.7. The maximum Gasteiger partial charge on any atom is 0.243 e. The fraction of sp³-hybridized carbons (Fsp3) is 0.655. The minimum absolute atomic E-state index is 0.0366. The smallest absolute Gasteiger partial charge is 0.243 e. The summed E-state index contributed by atoms with van der Waals surface area (Å²) < 4.78 is 5.29. The van der Waals surface area contributed by atoms with E-state index < -0.39 is 5.54 Å². The van der Waals surface area contributed by atoms with Gasteiger partial charge in [0, 0.05) is 17.4 Å². The van der Waals surface area contributed by atoms with Crippen LogP contribution >= 0.6 is 0 Å². The van der Waals surface area contributed by atoms with Crippen molar-refractivity contribution in [3.8, 4) is 5.75 Å². The molecule has 7 atom stereocenters. The highest BCUT2D eigenvalue weighted by Gasteiger charge is 2.61. The monoisotopic (exact) mass is 464 g/mol. The number of carbonyl (C=O) groups excluding carboxylic acids is 2. The van der Waals surface area contributed by atoms with E-state index in [1.165, 1.54) is 0 Å². The molecule has 0 spiro atoms. The first kappa shape index (κ1) is 23.4. The van der Waals surface area contributed by atoms with Gasteiger partial charge in [-0.15, -0.1) is 0 Å². The first-order chi connectivity index (χ1) is 16.1. The van der Waals surface area contributed by atoms with Crippen LogP contribution in [0.15, 0.2) is 36.4 Å². The molecular weight excluding hydrogens is 424 g/mol. The maximum atomic E-state index is 13.7. The lowest BCUT2D eigenvalue weighted by Crippen LogP contribution is -2.59. The van der Waals surface area contributed by atoms with Crippen LogP contribution in [0, 0.1) is 34.5 Å². The Morgan fingerprint density at radius 1 is 1.06 bits per heavy atom. The number of hydrogen-bond donors (Lipinski definition) is 2. The van der Waals surface area contributed by atoms with Crippen LogP contribution in [0.1, 0.15) is 71.8 Å². The van der Waals surface area contributed by atoms with E-state index >= 15 is 0 Å². The van der Waals surface area contributed by atoms with E-state index in [1.54, 1.807) is 13.2 Å². The molecule has 1 aliphatic heterocycles. The summed E-state index contributed by atoms with van der Waals surface area (Å²) in [5.74, 6) is 2.93. The molecule has 0 radical (unpaired) electrons. The van der Waals surface area contributed by atoms with Gasteiger partial charge in [0.25, 0.3) is 0 Å². The van der Waals surface area contributed by atoms with Gasteiger partial charge in [-0.25, -0.2) is 0 Å². The van der Waals surface area contributed by atoms with Crippen LogP contribution in [-0.4, -0.2) is 25.0 Å². The number of amides is 2. The minimum Gasteiger partial charge on any atom is -0.497 e. The maximum absolute atomic E-state index is 13.7. The summed E-state index contributed by atoms with van der Waals surface area (Å²) in [5.41, 5.74) is 0.731. The highest BCUT2D eigenvalue weighted by Crippen LogP contribution is 2.65. The Hall–Kier alpha value is -2.30. The lowest BCUT2D eigenvalue weighted by molar-refractivity contribution is -0.135. The van der Waals surface area contributed by atoms with Gasteiger partial charge in [-0.3, -0.25) is 9.59 Å².